The molecule has 0 aliphatic heterocycles. The molecule has 0 rings (SSSR count). The average molecular weight is 201 g/mol. The Hall–Kier alpha value is -1.36. The normalized spacial score (nSPS) is 11.4. The molecule has 0 spiro atoms. The fourth-order valence-electron chi connectivity index (χ4n) is 0.620. The van der Waals surface area contributed by atoms with Crippen LogP contribution in [0.5, 0.6) is 0 Å². The minimum Gasteiger partial charge on any atom is -0.463 e. The van der Waals surface area contributed by atoms with Crippen molar-refractivity contribution in [3.05, 3.63) is 12.2 Å². The van der Waals surface area contributed by atoms with Crippen LogP contribution in [0.25, 0.3) is 0 Å². The fourth-order valence-corrected chi connectivity index (χ4v) is 0.620. The lowest BCUT2D eigenvalue weighted by molar-refractivity contribution is -0.150. The lowest BCUT2D eigenvalue weighted by Crippen LogP contribution is -2.37. The number of rotatable bonds is 4. The fraction of sp³-hybridized carbons (Fsp3) is 0.556. The maximum Gasteiger partial charge on any atom is 0.332 e. The molecule has 0 aliphatic rings. The van der Waals surface area contributed by atoms with Gasteiger partial charge in [0.05, 0.1) is 6.61 Å². The van der Waals surface area contributed by atoms with Gasteiger partial charge in [-0.1, -0.05) is 0 Å². The van der Waals surface area contributed by atoms with Crippen molar-refractivity contribution in [2.75, 3.05) is 6.61 Å². The summed E-state index contributed by atoms with van der Waals surface area (Å²) in [5, 5.41) is 0. The summed E-state index contributed by atoms with van der Waals surface area (Å²) < 4.78 is 9.27. The highest BCUT2D eigenvalue weighted by Crippen LogP contribution is 1.99. The third-order valence-corrected chi connectivity index (χ3v) is 1.01. The van der Waals surface area contributed by atoms with Crippen molar-refractivity contribution >= 4 is 11.9 Å². The minimum atomic E-state index is -1.05. The molecule has 0 saturated carbocycles. The zero-order chi connectivity index (χ0) is 11.2. The van der Waals surface area contributed by atoms with E-state index in [2.05, 4.69) is 4.74 Å². The Bertz CT molecular complexity index is 240. The van der Waals surface area contributed by atoms with Gasteiger partial charge in [-0.25, -0.2) is 9.59 Å². The molecule has 5 nitrogen and oxygen atoms in total. The Morgan fingerprint density at radius 3 is 2.21 bits per heavy atom. The Morgan fingerprint density at radius 2 is 1.79 bits per heavy atom. The molecule has 0 aromatic rings. The van der Waals surface area contributed by atoms with Gasteiger partial charge in [0.15, 0.2) is 5.72 Å². The zero-order valence-corrected chi connectivity index (χ0v) is 8.57. The minimum absolute atomic E-state index is 0.264. The number of ether oxygens (including phenoxy) is 2. The van der Waals surface area contributed by atoms with E-state index in [0.717, 1.165) is 12.2 Å². The summed E-state index contributed by atoms with van der Waals surface area (Å²) in [5.41, 5.74) is 4.36. The lowest BCUT2D eigenvalue weighted by atomic mass is 10.3. The first-order valence-electron chi connectivity index (χ1n) is 4.22. The second-order valence-electron chi connectivity index (χ2n) is 3.11. The predicted octanol–water partition coefficient (Wildman–Crippen LogP) is 0.344. The smallest absolute Gasteiger partial charge is 0.332 e. The molecule has 0 aromatic carbocycles. The van der Waals surface area contributed by atoms with Crippen LogP contribution in [0.1, 0.15) is 20.8 Å². The van der Waals surface area contributed by atoms with E-state index in [4.69, 9.17) is 10.5 Å². The average Bonchev–Trinajstić information content (AvgIpc) is 1.98. The summed E-state index contributed by atoms with van der Waals surface area (Å²) in [6.45, 7) is 5.00. The molecule has 0 atom stereocenters. The summed E-state index contributed by atoms with van der Waals surface area (Å²) in [6, 6.07) is 0. The van der Waals surface area contributed by atoms with E-state index in [1.54, 1.807) is 6.92 Å². The van der Waals surface area contributed by atoms with Crippen LogP contribution in [-0.4, -0.2) is 24.3 Å². The van der Waals surface area contributed by atoms with Crippen LogP contribution in [0.15, 0.2) is 12.2 Å². The quantitative estimate of drug-likeness (QED) is 0.403. The van der Waals surface area contributed by atoms with Crippen LogP contribution in [0.4, 0.5) is 0 Å². The monoisotopic (exact) mass is 201 g/mol. The third kappa shape index (κ3) is 7.30. The van der Waals surface area contributed by atoms with Crippen molar-refractivity contribution in [3.8, 4) is 0 Å². The Labute approximate surface area is 82.9 Å². The van der Waals surface area contributed by atoms with Gasteiger partial charge in [-0.2, -0.15) is 0 Å². The third-order valence-electron chi connectivity index (χ3n) is 1.01. The summed E-state index contributed by atoms with van der Waals surface area (Å²) >= 11 is 0. The van der Waals surface area contributed by atoms with E-state index in [9.17, 15) is 9.59 Å². The molecule has 80 valence electrons. The van der Waals surface area contributed by atoms with Crippen LogP contribution in [0.3, 0.4) is 0 Å². The first kappa shape index (κ1) is 12.6. The van der Waals surface area contributed by atoms with Crippen molar-refractivity contribution in [1.82, 2.24) is 0 Å². The van der Waals surface area contributed by atoms with Crippen LogP contribution in [0.2, 0.25) is 0 Å². The van der Waals surface area contributed by atoms with Gasteiger partial charge in [-0.3, -0.25) is 5.73 Å². The number of hydrogen-bond acceptors (Lipinski definition) is 5. The summed E-state index contributed by atoms with van der Waals surface area (Å²) in [7, 11) is 0. The number of hydrogen-bond donors (Lipinski definition) is 1. The lowest BCUT2D eigenvalue weighted by Gasteiger charge is -2.17. The largest absolute Gasteiger partial charge is 0.463 e. The van der Waals surface area contributed by atoms with E-state index in [1.807, 2.05) is 0 Å². The van der Waals surface area contributed by atoms with Gasteiger partial charge in [-0.15, -0.1) is 0 Å². The highest BCUT2D eigenvalue weighted by molar-refractivity contribution is 5.91. The molecule has 0 amide bonds. The molecule has 0 unspecified atom stereocenters. The standard InChI is InChI=1S/C9H15NO4/c1-4-13-7(11)5-6-8(12)14-9(2,3)10/h5-6H,4,10H2,1-3H3/b6-5-. The predicted molar refractivity (Wildman–Crippen MR) is 50.1 cm³/mol. The molecular weight excluding hydrogens is 186 g/mol. The highest BCUT2D eigenvalue weighted by atomic mass is 16.6. The molecular formula is C9H15NO4. The molecule has 0 heterocycles. The zero-order valence-electron chi connectivity index (χ0n) is 8.57. The molecule has 0 fully saturated rings. The number of carbonyl (C=O) groups excluding carboxylic acids is 2. The first-order valence-corrected chi connectivity index (χ1v) is 4.22. The van der Waals surface area contributed by atoms with Crippen molar-refractivity contribution in [2.45, 2.75) is 26.5 Å². The second-order valence-corrected chi connectivity index (χ2v) is 3.11. The van der Waals surface area contributed by atoms with Crippen LogP contribution in [0, 0.1) is 0 Å². The Morgan fingerprint density at radius 1 is 1.29 bits per heavy atom. The van der Waals surface area contributed by atoms with Crippen LogP contribution in [-0.2, 0) is 19.1 Å². The molecule has 0 bridgehead atoms. The van der Waals surface area contributed by atoms with Gasteiger partial charge in [-0.05, 0) is 20.8 Å². The Kier molecular flexibility index (Phi) is 4.86. The van der Waals surface area contributed by atoms with Crippen LogP contribution >= 0.6 is 0 Å². The topological polar surface area (TPSA) is 78.6 Å². The first-order chi connectivity index (χ1) is 6.35. The molecule has 0 saturated heterocycles. The molecule has 0 radical (unpaired) electrons. The van der Waals surface area contributed by atoms with Gasteiger partial charge in [0.1, 0.15) is 0 Å². The van der Waals surface area contributed by atoms with Gasteiger partial charge >= 0.3 is 11.9 Å². The molecule has 0 aliphatic carbocycles. The van der Waals surface area contributed by atoms with Crippen molar-refractivity contribution in [1.29, 1.82) is 0 Å². The summed E-state index contributed by atoms with van der Waals surface area (Å²) in [4.78, 5) is 21.7. The molecule has 5 heteroatoms. The maximum atomic E-state index is 11.0. The van der Waals surface area contributed by atoms with E-state index in [1.165, 1.54) is 13.8 Å². The maximum absolute atomic E-state index is 11.0. The molecule has 2 N–H and O–H groups in total. The second kappa shape index (κ2) is 5.39. The van der Waals surface area contributed by atoms with Crippen molar-refractivity contribution in [3.63, 3.8) is 0 Å². The van der Waals surface area contributed by atoms with E-state index >= 15 is 0 Å². The van der Waals surface area contributed by atoms with Gasteiger partial charge in [0.25, 0.3) is 0 Å². The van der Waals surface area contributed by atoms with E-state index in [0.29, 0.717) is 0 Å². The molecule has 0 aromatic heterocycles. The van der Waals surface area contributed by atoms with Crippen LogP contribution < -0.4 is 5.73 Å². The summed E-state index contributed by atoms with van der Waals surface area (Å²) in [6.07, 6.45) is 1.98. The van der Waals surface area contributed by atoms with E-state index < -0.39 is 17.7 Å². The SMILES string of the molecule is CCOC(=O)/C=C\C(=O)OC(C)(C)N. The number of esters is 2. The number of nitrogens with two attached hydrogens (primary N) is 1. The Balaban J connectivity index is 4.00. The van der Waals surface area contributed by atoms with Crippen molar-refractivity contribution in [2.24, 2.45) is 5.73 Å². The molecule has 14 heavy (non-hydrogen) atoms. The van der Waals surface area contributed by atoms with Gasteiger partial charge < -0.3 is 9.47 Å². The summed E-state index contributed by atoms with van der Waals surface area (Å²) in [5.74, 6) is -1.26. The van der Waals surface area contributed by atoms with E-state index in [-0.39, 0.29) is 6.61 Å². The number of carbonyl (C=O) groups is 2. The van der Waals surface area contributed by atoms with Gasteiger partial charge in [0, 0.05) is 12.2 Å². The van der Waals surface area contributed by atoms with Crippen molar-refractivity contribution < 1.29 is 19.1 Å². The van der Waals surface area contributed by atoms with Gasteiger partial charge in [0.2, 0.25) is 0 Å². The highest BCUT2D eigenvalue weighted by Gasteiger charge is 2.14.